The van der Waals surface area contributed by atoms with Gasteiger partial charge in [0.1, 0.15) is 0 Å². The first-order chi connectivity index (χ1) is 14.2. The highest BCUT2D eigenvalue weighted by molar-refractivity contribution is 5.74. The molecule has 0 aromatic rings. The maximum atomic E-state index is 12.6. The van der Waals surface area contributed by atoms with Crippen LogP contribution in [0.5, 0.6) is 0 Å². The van der Waals surface area contributed by atoms with Crippen LogP contribution in [0.3, 0.4) is 0 Å². The first kappa shape index (κ1) is 22.7. The Bertz CT molecular complexity index is 483. The molecule has 0 radical (unpaired) electrons. The van der Waals surface area contributed by atoms with E-state index in [1.807, 2.05) is 0 Å². The Labute approximate surface area is 174 Å². The van der Waals surface area contributed by atoms with Gasteiger partial charge < -0.3 is 35.8 Å². The number of carbonyl (C=O) groups excluding carboxylic acids is 1. The number of ether oxygens (including phenoxy) is 2. The molecule has 4 atom stereocenters. The second-order valence-corrected chi connectivity index (χ2v) is 8.91. The van der Waals surface area contributed by atoms with E-state index in [-0.39, 0.29) is 36.9 Å². The molecular weight excluding hydrogens is 372 g/mol. The summed E-state index contributed by atoms with van der Waals surface area (Å²) in [7, 11) is 1.74. The molecule has 3 rings (SSSR count). The van der Waals surface area contributed by atoms with Gasteiger partial charge in [-0.3, -0.25) is 0 Å². The summed E-state index contributed by atoms with van der Waals surface area (Å²) in [4.78, 5) is 12.6. The fourth-order valence-corrected chi connectivity index (χ4v) is 5.01. The van der Waals surface area contributed by atoms with E-state index in [4.69, 9.17) is 9.47 Å². The number of hydrogen-bond donors (Lipinski definition) is 5. The van der Waals surface area contributed by atoms with Crippen molar-refractivity contribution in [3.05, 3.63) is 0 Å². The van der Waals surface area contributed by atoms with Gasteiger partial charge in [-0.05, 0) is 38.0 Å². The number of nitrogens with one attached hydrogen (secondary N) is 4. The Kier molecular flexibility index (Phi) is 9.45. The van der Waals surface area contributed by atoms with Gasteiger partial charge in [0, 0.05) is 38.8 Å². The van der Waals surface area contributed by atoms with Gasteiger partial charge >= 0.3 is 6.03 Å². The average Bonchev–Trinajstić information content (AvgIpc) is 2.77. The summed E-state index contributed by atoms with van der Waals surface area (Å²) in [5.41, 5.74) is 0. The van der Waals surface area contributed by atoms with Crippen molar-refractivity contribution in [1.29, 1.82) is 0 Å². The van der Waals surface area contributed by atoms with Crippen molar-refractivity contribution >= 4 is 6.03 Å². The van der Waals surface area contributed by atoms with Crippen LogP contribution in [0.15, 0.2) is 0 Å². The van der Waals surface area contributed by atoms with Crippen molar-refractivity contribution in [3.8, 4) is 0 Å². The molecule has 5 N–H and O–H groups in total. The van der Waals surface area contributed by atoms with Crippen LogP contribution in [0.2, 0.25) is 0 Å². The summed E-state index contributed by atoms with van der Waals surface area (Å²) in [5, 5.41) is 22.5. The van der Waals surface area contributed by atoms with Crippen molar-refractivity contribution in [1.82, 2.24) is 21.3 Å². The summed E-state index contributed by atoms with van der Waals surface area (Å²) in [6.07, 6.45) is 8.40. The molecule has 3 unspecified atom stereocenters. The molecule has 8 nitrogen and oxygen atoms in total. The van der Waals surface area contributed by atoms with Crippen LogP contribution < -0.4 is 21.3 Å². The molecule has 1 heterocycles. The summed E-state index contributed by atoms with van der Waals surface area (Å²) < 4.78 is 11.9. The Morgan fingerprint density at radius 1 is 1.10 bits per heavy atom. The first-order valence-corrected chi connectivity index (χ1v) is 11.4. The third kappa shape index (κ3) is 7.07. The van der Waals surface area contributed by atoms with Crippen LogP contribution in [0.4, 0.5) is 4.79 Å². The zero-order valence-electron chi connectivity index (χ0n) is 17.8. The van der Waals surface area contributed by atoms with E-state index in [0.717, 1.165) is 51.9 Å². The normalized spacial score (nSPS) is 30.6. The van der Waals surface area contributed by atoms with Gasteiger partial charge in [-0.1, -0.05) is 19.3 Å². The molecule has 1 saturated heterocycles. The molecule has 0 aromatic carbocycles. The van der Waals surface area contributed by atoms with E-state index in [1.54, 1.807) is 7.11 Å². The van der Waals surface area contributed by atoms with Crippen molar-refractivity contribution < 1.29 is 19.4 Å². The number of aliphatic hydroxyl groups excluding tert-OH is 1. The van der Waals surface area contributed by atoms with Crippen LogP contribution >= 0.6 is 0 Å². The molecule has 1 aliphatic heterocycles. The summed E-state index contributed by atoms with van der Waals surface area (Å²) in [6.45, 7) is 3.48. The highest BCUT2D eigenvalue weighted by atomic mass is 16.5. The van der Waals surface area contributed by atoms with E-state index < -0.39 is 0 Å². The fraction of sp³-hybridized carbons (Fsp3) is 0.952. The lowest BCUT2D eigenvalue weighted by Crippen LogP contribution is -2.53. The van der Waals surface area contributed by atoms with Gasteiger partial charge in [0.2, 0.25) is 0 Å². The van der Waals surface area contributed by atoms with Gasteiger partial charge in [0.05, 0.1) is 31.5 Å². The van der Waals surface area contributed by atoms with Crippen LogP contribution in [0, 0.1) is 11.8 Å². The number of methoxy groups -OCH3 is 1. The molecule has 0 bridgehead atoms. The first-order valence-electron chi connectivity index (χ1n) is 11.4. The molecular formula is C21H40N4O4. The third-order valence-corrected chi connectivity index (χ3v) is 6.76. The topological polar surface area (TPSA) is 104 Å². The van der Waals surface area contributed by atoms with Gasteiger partial charge in [0.25, 0.3) is 0 Å². The smallest absolute Gasteiger partial charge is 0.315 e. The second-order valence-electron chi connectivity index (χ2n) is 8.91. The second kappa shape index (κ2) is 12.1. The zero-order chi connectivity index (χ0) is 20.5. The minimum atomic E-state index is -0.171. The minimum Gasteiger partial charge on any atom is -0.394 e. The summed E-state index contributed by atoms with van der Waals surface area (Å²) in [5.74, 6) is 0.844. The van der Waals surface area contributed by atoms with Gasteiger partial charge in [-0.15, -0.1) is 0 Å². The molecule has 2 amide bonds. The number of aliphatic hydroxyl groups is 1. The fourth-order valence-electron chi connectivity index (χ4n) is 5.01. The summed E-state index contributed by atoms with van der Waals surface area (Å²) in [6, 6.07) is -0.251. The van der Waals surface area contributed by atoms with Gasteiger partial charge in [0.15, 0.2) is 0 Å². The standard InChI is InChI=1S/C21H40N4O4/c1-28-19-8-7-17(9-20(19)29-13-15-10-22-14-23-11-15)24-21(27)25-18(12-26)16-5-3-2-4-6-16/h15-20,22-23,26H,2-14H2,1H3,(H2,24,25,27)/t17?,18-,19?,20?/m0/s1. The van der Waals surface area contributed by atoms with Gasteiger partial charge in [-0.2, -0.15) is 0 Å². The van der Waals surface area contributed by atoms with Crippen LogP contribution in [-0.2, 0) is 9.47 Å². The van der Waals surface area contributed by atoms with Crippen molar-refractivity contribution in [2.45, 2.75) is 75.7 Å². The molecule has 0 spiro atoms. The SMILES string of the molecule is COC1CCC(NC(=O)N[C@@H](CO)C2CCCCC2)CC1OCC1CNCNC1. The largest absolute Gasteiger partial charge is 0.394 e. The zero-order valence-corrected chi connectivity index (χ0v) is 17.8. The molecule has 168 valence electrons. The lowest BCUT2D eigenvalue weighted by molar-refractivity contribution is -0.0904. The Morgan fingerprint density at radius 3 is 2.55 bits per heavy atom. The van der Waals surface area contributed by atoms with Crippen molar-refractivity contribution in [2.24, 2.45) is 11.8 Å². The minimum absolute atomic E-state index is 0.00367. The third-order valence-electron chi connectivity index (χ3n) is 6.76. The predicted octanol–water partition coefficient (Wildman–Crippen LogP) is 0.946. The molecule has 0 aromatic heterocycles. The quantitative estimate of drug-likeness (QED) is 0.407. The highest BCUT2D eigenvalue weighted by Crippen LogP contribution is 2.27. The lowest BCUT2D eigenvalue weighted by atomic mass is 9.84. The van der Waals surface area contributed by atoms with Crippen LogP contribution in [0.1, 0.15) is 51.4 Å². The highest BCUT2D eigenvalue weighted by Gasteiger charge is 2.33. The maximum absolute atomic E-state index is 12.6. The van der Waals surface area contributed by atoms with Crippen molar-refractivity contribution in [2.75, 3.05) is 40.1 Å². The Morgan fingerprint density at radius 2 is 1.86 bits per heavy atom. The number of carbonyl (C=O) groups is 1. The number of urea groups is 1. The number of hydrogen-bond acceptors (Lipinski definition) is 6. The Balaban J connectivity index is 1.44. The molecule has 2 aliphatic carbocycles. The van der Waals surface area contributed by atoms with Crippen molar-refractivity contribution in [3.63, 3.8) is 0 Å². The molecule has 3 fully saturated rings. The maximum Gasteiger partial charge on any atom is 0.315 e. The van der Waals surface area contributed by atoms with E-state index in [9.17, 15) is 9.90 Å². The monoisotopic (exact) mass is 412 g/mol. The van der Waals surface area contributed by atoms with Gasteiger partial charge in [-0.25, -0.2) is 4.79 Å². The molecule has 3 aliphatic rings. The lowest BCUT2D eigenvalue weighted by Gasteiger charge is -2.37. The molecule has 29 heavy (non-hydrogen) atoms. The van der Waals surface area contributed by atoms with E-state index >= 15 is 0 Å². The van der Waals surface area contributed by atoms with Crippen LogP contribution in [0.25, 0.3) is 0 Å². The molecule has 8 heteroatoms. The Hall–Kier alpha value is -0.930. The van der Waals surface area contributed by atoms with Crippen LogP contribution in [-0.4, -0.2) is 75.5 Å². The van der Waals surface area contributed by atoms with E-state index in [1.165, 1.54) is 19.3 Å². The average molecular weight is 413 g/mol. The predicted molar refractivity (Wildman–Crippen MR) is 112 cm³/mol. The van der Waals surface area contributed by atoms with E-state index in [0.29, 0.717) is 18.4 Å². The molecule has 2 saturated carbocycles. The number of rotatable bonds is 8. The number of amides is 2. The van der Waals surface area contributed by atoms with E-state index in [2.05, 4.69) is 21.3 Å². The summed E-state index contributed by atoms with van der Waals surface area (Å²) >= 11 is 0.